The highest BCUT2D eigenvalue weighted by Gasteiger charge is 2.23. The Morgan fingerprint density at radius 2 is 2.33 bits per heavy atom. The summed E-state index contributed by atoms with van der Waals surface area (Å²) >= 11 is 0. The molecule has 0 radical (unpaired) electrons. The average Bonchev–Trinajstić information content (AvgIpc) is 2.98. The number of nitrogens with two attached hydrogens (primary N) is 1. The standard InChI is InChI=1S/C12H23N5O/c13-8-10-9-17(16-15-10)7-2-1-6-14-11-4-3-5-12(11)18/h9,11-12,14,18H,1-8,13H2. The van der Waals surface area contributed by atoms with Gasteiger partial charge in [-0.25, -0.2) is 0 Å². The summed E-state index contributed by atoms with van der Waals surface area (Å²) in [5, 5.41) is 21.0. The number of hydrogen-bond acceptors (Lipinski definition) is 5. The Balaban J connectivity index is 1.55. The van der Waals surface area contributed by atoms with Crippen molar-refractivity contribution in [3.8, 4) is 0 Å². The van der Waals surface area contributed by atoms with Crippen molar-refractivity contribution in [1.82, 2.24) is 20.3 Å². The van der Waals surface area contributed by atoms with Crippen LogP contribution in [0.3, 0.4) is 0 Å². The molecule has 0 saturated heterocycles. The third-order valence-electron chi connectivity index (χ3n) is 3.50. The van der Waals surface area contributed by atoms with E-state index in [0.29, 0.717) is 12.6 Å². The first-order chi connectivity index (χ1) is 8.79. The van der Waals surface area contributed by atoms with Crippen molar-refractivity contribution in [3.05, 3.63) is 11.9 Å². The summed E-state index contributed by atoms with van der Waals surface area (Å²) in [6.45, 7) is 2.28. The molecule has 6 nitrogen and oxygen atoms in total. The van der Waals surface area contributed by atoms with Gasteiger partial charge >= 0.3 is 0 Å². The lowest BCUT2D eigenvalue weighted by Gasteiger charge is -2.16. The Morgan fingerprint density at radius 1 is 1.44 bits per heavy atom. The van der Waals surface area contributed by atoms with E-state index >= 15 is 0 Å². The Hall–Kier alpha value is -0.980. The van der Waals surface area contributed by atoms with Crippen molar-refractivity contribution in [2.24, 2.45) is 5.73 Å². The number of nitrogens with zero attached hydrogens (tertiary/aromatic N) is 3. The topological polar surface area (TPSA) is 89.0 Å². The number of aliphatic hydroxyl groups is 1. The number of unbranched alkanes of at least 4 members (excludes halogenated alkanes) is 1. The molecular formula is C12H23N5O. The van der Waals surface area contributed by atoms with E-state index in [0.717, 1.165) is 50.9 Å². The van der Waals surface area contributed by atoms with Gasteiger partial charge in [-0.3, -0.25) is 4.68 Å². The van der Waals surface area contributed by atoms with Crippen LogP contribution < -0.4 is 11.1 Å². The minimum atomic E-state index is -0.146. The number of aliphatic hydroxyl groups excluding tert-OH is 1. The molecule has 1 aromatic heterocycles. The molecular weight excluding hydrogens is 230 g/mol. The lowest BCUT2D eigenvalue weighted by molar-refractivity contribution is 0.149. The zero-order valence-electron chi connectivity index (χ0n) is 10.8. The second kappa shape index (κ2) is 6.82. The van der Waals surface area contributed by atoms with E-state index in [1.807, 2.05) is 10.9 Å². The highest BCUT2D eigenvalue weighted by Crippen LogP contribution is 2.18. The highest BCUT2D eigenvalue weighted by molar-refractivity contribution is 4.90. The molecule has 1 saturated carbocycles. The van der Waals surface area contributed by atoms with Gasteiger partial charge < -0.3 is 16.2 Å². The first-order valence-electron chi connectivity index (χ1n) is 6.80. The Kier molecular flexibility index (Phi) is 5.10. The van der Waals surface area contributed by atoms with E-state index in [9.17, 15) is 5.11 Å². The average molecular weight is 253 g/mol. The molecule has 4 N–H and O–H groups in total. The second-order valence-corrected chi connectivity index (χ2v) is 4.94. The predicted octanol–water partition coefficient (Wildman–Crippen LogP) is 0.0200. The van der Waals surface area contributed by atoms with Crippen LogP contribution in [0.4, 0.5) is 0 Å². The van der Waals surface area contributed by atoms with Gasteiger partial charge in [0, 0.05) is 25.3 Å². The van der Waals surface area contributed by atoms with Gasteiger partial charge in [0.2, 0.25) is 0 Å². The monoisotopic (exact) mass is 253 g/mol. The van der Waals surface area contributed by atoms with Crippen molar-refractivity contribution in [3.63, 3.8) is 0 Å². The zero-order chi connectivity index (χ0) is 12.8. The first-order valence-corrected chi connectivity index (χ1v) is 6.80. The fourth-order valence-corrected chi connectivity index (χ4v) is 2.41. The molecule has 0 spiro atoms. The molecule has 1 aromatic rings. The van der Waals surface area contributed by atoms with Crippen molar-refractivity contribution in [1.29, 1.82) is 0 Å². The van der Waals surface area contributed by atoms with Crippen LogP contribution in [0.15, 0.2) is 6.20 Å². The van der Waals surface area contributed by atoms with Crippen LogP contribution in [-0.4, -0.2) is 38.8 Å². The van der Waals surface area contributed by atoms with Crippen LogP contribution in [0.1, 0.15) is 37.8 Å². The number of aromatic nitrogens is 3. The van der Waals surface area contributed by atoms with Crippen molar-refractivity contribution >= 4 is 0 Å². The Labute approximate surface area is 108 Å². The van der Waals surface area contributed by atoms with Gasteiger partial charge in [-0.05, 0) is 38.6 Å². The molecule has 102 valence electrons. The van der Waals surface area contributed by atoms with Gasteiger partial charge in [-0.15, -0.1) is 5.10 Å². The van der Waals surface area contributed by atoms with E-state index in [-0.39, 0.29) is 6.10 Å². The normalized spacial score (nSPS) is 23.7. The summed E-state index contributed by atoms with van der Waals surface area (Å²) in [7, 11) is 0. The molecule has 0 amide bonds. The zero-order valence-corrected chi connectivity index (χ0v) is 10.8. The fraction of sp³-hybridized carbons (Fsp3) is 0.833. The maximum Gasteiger partial charge on any atom is 0.0962 e. The van der Waals surface area contributed by atoms with Gasteiger partial charge in [0.25, 0.3) is 0 Å². The van der Waals surface area contributed by atoms with Crippen LogP contribution >= 0.6 is 0 Å². The van der Waals surface area contributed by atoms with Gasteiger partial charge in [0.05, 0.1) is 11.8 Å². The minimum Gasteiger partial charge on any atom is -0.392 e. The molecule has 2 atom stereocenters. The molecule has 1 heterocycles. The van der Waals surface area contributed by atoms with Gasteiger partial charge in [-0.2, -0.15) is 0 Å². The third kappa shape index (κ3) is 3.76. The molecule has 2 unspecified atom stereocenters. The van der Waals surface area contributed by atoms with Crippen LogP contribution in [-0.2, 0) is 13.1 Å². The molecule has 1 aliphatic carbocycles. The highest BCUT2D eigenvalue weighted by atomic mass is 16.3. The fourth-order valence-electron chi connectivity index (χ4n) is 2.41. The molecule has 1 aliphatic rings. The lowest BCUT2D eigenvalue weighted by Crippen LogP contribution is -2.36. The summed E-state index contributed by atoms with van der Waals surface area (Å²) in [4.78, 5) is 0. The SMILES string of the molecule is NCc1cn(CCCCNC2CCCC2O)nn1. The maximum atomic E-state index is 9.66. The van der Waals surface area contributed by atoms with Gasteiger partial charge in [0.1, 0.15) is 0 Å². The number of rotatable bonds is 7. The van der Waals surface area contributed by atoms with Crippen LogP contribution in [0.25, 0.3) is 0 Å². The number of hydrogen-bond donors (Lipinski definition) is 3. The molecule has 18 heavy (non-hydrogen) atoms. The molecule has 6 heteroatoms. The summed E-state index contributed by atoms with van der Waals surface area (Å²) in [6, 6.07) is 0.306. The summed E-state index contributed by atoms with van der Waals surface area (Å²) in [5.41, 5.74) is 6.31. The molecule has 2 rings (SSSR count). The van der Waals surface area contributed by atoms with Crippen molar-refractivity contribution < 1.29 is 5.11 Å². The summed E-state index contributed by atoms with van der Waals surface area (Å²) < 4.78 is 1.84. The smallest absolute Gasteiger partial charge is 0.0962 e. The second-order valence-electron chi connectivity index (χ2n) is 4.94. The first kappa shape index (κ1) is 13.5. The molecule has 0 bridgehead atoms. The summed E-state index contributed by atoms with van der Waals surface area (Å²) in [5.74, 6) is 0. The van der Waals surface area contributed by atoms with E-state index in [4.69, 9.17) is 5.73 Å². The molecule has 1 fully saturated rings. The van der Waals surface area contributed by atoms with E-state index in [1.165, 1.54) is 0 Å². The van der Waals surface area contributed by atoms with Gasteiger partial charge in [-0.1, -0.05) is 5.21 Å². The van der Waals surface area contributed by atoms with E-state index in [2.05, 4.69) is 15.6 Å². The summed E-state index contributed by atoms with van der Waals surface area (Å²) in [6.07, 6.45) is 7.08. The molecule has 0 aliphatic heterocycles. The van der Waals surface area contributed by atoms with E-state index < -0.39 is 0 Å². The van der Waals surface area contributed by atoms with Crippen molar-refractivity contribution in [2.45, 2.75) is 57.3 Å². The molecule has 0 aromatic carbocycles. The minimum absolute atomic E-state index is 0.146. The van der Waals surface area contributed by atoms with Crippen LogP contribution in [0, 0.1) is 0 Å². The Bertz CT molecular complexity index is 354. The van der Waals surface area contributed by atoms with E-state index in [1.54, 1.807) is 0 Å². The van der Waals surface area contributed by atoms with Crippen molar-refractivity contribution in [2.75, 3.05) is 6.54 Å². The van der Waals surface area contributed by atoms with Crippen LogP contribution in [0.5, 0.6) is 0 Å². The predicted molar refractivity (Wildman–Crippen MR) is 68.8 cm³/mol. The van der Waals surface area contributed by atoms with Gasteiger partial charge in [0.15, 0.2) is 0 Å². The quantitative estimate of drug-likeness (QED) is 0.596. The third-order valence-corrected chi connectivity index (χ3v) is 3.50. The Morgan fingerprint density at radius 3 is 3.00 bits per heavy atom. The number of nitrogens with one attached hydrogen (secondary N) is 1. The maximum absolute atomic E-state index is 9.66. The largest absolute Gasteiger partial charge is 0.392 e. The number of aryl methyl sites for hydroxylation is 1. The van der Waals surface area contributed by atoms with Crippen LogP contribution in [0.2, 0.25) is 0 Å². The lowest BCUT2D eigenvalue weighted by atomic mass is 10.2.